The fraction of sp³-hybridized carbons (Fsp3) is 0.750. The molecule has 2 atom stereocenters. The third-order valence-electron chi connectivity index (χ3n) is 3.94. The number of hydrogen-bond acceptors (Lipinski definition) is 2. The minimum atomic E-state index is 0.374. The number of halogens is 1. The van der Waals surface area contributed by atoms with Gasteiger partial charge in [-0.1, -0.05) is 0 Å². The van der Waals surface area contributed by atoms with Crippen LogP contribution in [0.1, 0.15) is 32.6 Å². The molecule has 3 rings (SSSR count). The first-order chi connectivity index (χ1) is 7.79. The molecule has 3 nitrogen and oxygen atoms in total. The van der Waals surface area contributed by atoms with Gasteiger partial charge in [0, 0.05) is 36.4 Å². The van der Waals surface area contributed by atoms with Crippen LogP contribution in [0.25, 0.3) is 0 Å². The van der Waals surface area contributed by atoms with Gasteiger partial charge in [-0.15, -0.1) is 11.6 Å². The van der Waals surface area contributed by atoms with E-state index in [0.717, 1.165) is 25.3 Å². The Morgan fingerprint density at radius 1 is 1.38 bits per heavy atom. The summed E-state index contributed by atoms with van der Waals surface area (Å²) >= 11 is 6.29. The minimum Gasteiger partial charge on any atom is -0.336 e. The van der Waals surface area contributed by atoms with Gasteiger partial charge in [0.15, 0.2) is 0 Å². The molecule has 2 saturated heterocycles. The molecular weight excluding hydrogens is 222 g/mol. The Kier molecular flexibility index (Phi) is 2.58. The second-order valence-corrected chi connectivity index (χ2v) is 5.49. The van der Waals surface area contributed by atoms with Gasteiger partial charge < -0.3 is 9.47 Å². The number of nitrogens with zero attached hydrogens (tertiary/aromatic N) is 3. The molecule has 2 bridgehead atoms. The molecule has 0 radical (unpaired) electrons. The second-order valence-electron chi connectivity index (χ2n) is 4.87. The van der Waals surface area contributed by atoms with E-state index >= 15 is 0 Å². The number of alkyl halides is 1. The van der Waals surface area contributed by atoms with E-state index in [1.54, 1.807) is 0 Å². The standard InChI is InChI=1S/C12H18ClN3/c1-2-15-6-5-14-12(15)16-10-3-4-11(16)8-9(13)7-10/h5-6,9-11H,2-4,7-8H2,1H3. The molecule has 0 aromatic carbocycles. The van der Waals surface area contributed by atoms with Crippen LogP contribution in [-0.4, -0.2) is 27.0 Å². The Hall–Kier alpha value is -0.700. The van der Waals surface area contributed by atoms with Crippen LogP contribution < -0.4 is 4.90 Å². The highest BCUT2D eigenvalue weighted by Gasteiger charge is 2.41. The van der Waals surface area contributed by atoms with E-state index in [4.69, 9.17) is 11.6 Å². The Labute approximate surface area is 101 Å². The number of rotatable bonds is 2. The average molecular weight is 240 g/mol. The van der Waals surface area contributed by atoms with Crippen molar-refractivity contribution in [3.05, 3.63) is 12.4 Å². The molecule has 1 aromatic heterocycles. The van der Waals surface area contributed by atoms with Crippen LogP contribution in [0.2, 0.25) is 0 Å². The highest BCUT2D eigenvalue weighted by atomic mass is 35.5. The lowest BCUT2D eigenvalue weighted by Crippen LogP contribution is -2.44. The summed E-state index contributed by atoms with van der Waals surface area (Å²) in [5, 5.41) is 0.374. The van der Waals surface area contributed by atoms with Gasteiger partial charge in [0.05, 0.1) is 0 Å². The molecule has 1 aromatic rings. The number of aromatic nitrogens is 2. The van der Waals surface area contributed by atoms with Gasteiger partial charge >= 0.3 is 0 Å². The first kappa shape index (κ1) is 10.5. The predicted octanol–water partition coefficient (Wildman–Crippen LogP) is 2.64. The Bertz CT molecular complexity index is 362. The molecule has 4 heteroatoms. The molecule has 0 saturated carbocycles. The minimum absolute atomic E-state index is 0.374. The summed E-state index contributed by atoms with van der Waals surface area (Å²) in [7, 11) is 0. The number of aryl methyl sites for hydroxylation is 1. The van der Waals surface area contributed by atoms with E-state index in [2.05, 4.69) is 27.6 Å². The van der Waals surface area contributed by atoms with Crippen LogP contribution in [0, 0.1) is 0 Å². The van der Waals surface area contributed by atoms with E-state index in [1.807, 2.05) is 6.20 Å². The number of anilines is 1. The summed E-state index contributed by atoms with van der Waals surface area (Å²) in [6, 6.07) is 1.24. The number of fused-ring (bicyclic) bond motifs is 2. The number of piperidine rings is 1. The average Bonchev–Trinajstić information content (AvgIpc) is 2.81. The lowest BCUT2D eigenvalue weighted by atomic mass is 10.0. The van der Waals surface area contributed by atoms with Crippen molar-refractivity contribution in [2.75, 3.05) is 4.90 Å². The maximum absolute atomic E-state index is 6.29. The van der Waals surface area contributed by atoms with Crippen molar-refractivity contribution in [3.8, 4) is 0 Å². The molecule has 0 spiro atoms. The maximum atomic E-state index is 6.29. The van der Waals surface area contributed by atoms with E-state index in [9.17, 15) is 0 Å². The lowest BCUT2D eigenvalue weighted by Gasteiger charge is -2.37. The molecule has 0 aliphatic carbocycles. The lowest BCUT2D eigenvalue weighted by molar-refractivity contribution is 0.459. The van der Waals surface area contributed by atoms with Crippen LogP contribution in [-0.2, 0) is 6.54 Å². The summed E-state index contributed by atoms with van der Waals surface area (Å²) in [6.45, 7) is 3.16. The number of hydrogen-bond donors (Lipinski definition) is 0. The van der Waals surface area contributed by atoms with Crippen molar-refractivity contribution in [3.63, 3.8) is 0 Å². The van der Waals surface area contributed by atoms with E-state index in [-0.39, 0.29) is 0 Å². The van der Waals surface area contributed by atoms with Crippen molar-refractivity contribution in [1.82, 2.24) is 9.55 Å². The van der Waals surface area contributed by atoms with Crippen molar-refractivity contribution in [2.45, 2.75) is 56.6 Å². The van der Waals surface area contributed by atoms with Gasteiger partial charge in [-0.05, 0) is 32.6 Å². The first-order valence-electron chi connectivity index (χ1n) is 6.23. The molecule has 2 fully saturated rings. The van der Waals surface area contributed by atoms with Gasteiger partial charge in [0.1, 0.15) is 0 Å². The third kappa shape index (κ3) is 1.53. The van der Waals surface area contributed by atoms with Crippen molar-refractivity contribution in [1.29, 1.82) is 0 Å². The fourth-order valence-electron chi connectivity index (χ4n) is 3.22. The van der Waals surface area contributed by atoms with Crippen LogP contribution in [0.4, 0.5) is 5.95 Å². The maximum Gasteiger partial charge on any atom is 0.205 e. The van der Waals surface area contributed by atoms with Gasteiger partial charge in [-0.2, -0.15) is 0 Å². The zero-order valence-electron chi connectivity index (χ0n) is 9.64. The van der Waals surface area contributed by atoms with E-state index in [0.29, 0.717) is 17.5 Å². The molecule has 16 heavy (non-hydrogen) atoms. The normalized spacial score (nSPS) is 33.4. The molecule has 2 unspecified atom stereocenters. The fourth-order valence-corrected chi connectivity index (χ4v) is 3.63. The summed E-state index contributed by atoms with van der Waals surface area (Å²) in [6.07, 6.45) is 8.78. The summed E-state index contributed by atoms with van der Waals surface area (Å²) in [4.78, 5) is 7.04. The topological polar surface area (TPSA) is 21.1 Å². The molecule has 0 amide bonds. The SMILES string of the molecule is CCn1ccnc1N1C2CCC1CC(Cl)C2. The van der Waals surface area contributed by atoms with Crippen LogP contribution >= 0.6 is 11.6 Å². The summed E-state index contributed by atoms with van der Waals surface area (Å²) < 4.78 is 2.24. The van der Waals surface area contributed by atoms with Crippen molar-refractivity contribution >= 4 is 17.5 Å². The Morgan fingerprint density at radius 2 is 2.06 bits per heavy atom. The highest BCUT2D eigenvalue weighted by Crippen LogP contribution is 2.40. The molecule has 88 valence electrons. The summed E-state index contributed by atoms with van der Waals surface area (Å²) in [5.41, 5.74) is 0. The van der Waals surface area contributed by atoms with Crippen molar-refractivity contribution < 1.29 is 0 Å². The molecule has 0 N–H and O–H groups in total. The zero-order valence-corrected chi connectivity index (χ0v) is 10.4. The van der Waals surface area contributed by atoms with Gasteiger partial charge in [-0.25, -0.2) is 4.98 Å². The Morgan fingerprint density at radius 3 is 2.69 bits per heavy atom. The molecule has 2 aliphatic heterocycles. The molecule has 2 aliphatic rings. The second kappa shape index (κ2) is 3.95. The van der Waals surface area contributed by atoms with E-state index < -0.39 is 0 Å². The molecule has 3 heterocycles. The van der Waals surface area contributed by atoms with Gasteiger partial charge in [0.2, 0.25) is 5.95 Å². The van der Waals surface area contributed by atoms with Gasteiger partial charge in [0.25, 0.3) is 0 Å². The first-order valence-corrected chi connectivity index (χ1v) is 6.66. The van der Waals surface area contributed by atoms with Crippen LogP contribution in [0.5, 0.6) is 0 Å². The third-order valence-corrected chi connectivity index (χ3v) is 4.30. The van der Waals surface area contributed by atoms with Crippen LogP contribution in [0.15, 0.2) is 12.4 Å². The quantitative estimate of drug-likeness (QED) is 0.740. The molecular formula is C12H18ClN3. The van der Waals surface area contributed by atoms with E-state index in [1.165, 1.54) is 12.8 Å². The Balaban J connectivity index is 1.91. The zero-order chi connectivity index (χ0) is 11.1. The van der Waals surface area contributed by atoms with Crippen LogP contribution in [0.3, 0.4) is 0 Å². The smallest absolute Gasteiger partial charge is 0.205 e. The number of imidazole rings is 1. The largest absolute Gasteiger partial charge is 0.336 e. The summed E-state index contributed by atoms with van der Waals surface area (Å²) in [5.74, 6) is 1.15. The van der Waals surface area contributed by atoms with Gasteiger partial charge in [-0.3, -0.25) is 0 Å². The predicted molar refractivity (Wildman–Crippen MR) is 66.1 cm³/mol. The highest BCUT2D eigenvalue weighted by molar-refractivity contribution is 6.20. The monoisotopic (exact) mass is 239 g/mol. The van der Waals surface area contributed by atoms with Crippen molar-refractivity contribution in [2.24, 2.45) is 0 Å².